The second-order valence-electron chi connectivity index (χ2n) is 9.57. The fraction of sp³-hybridized carbons (Fsp3) is 0.133. The molecule has 4 aromatic rings. The zero-order valence-electron chi connectivity index (χ0n) is 20.7. The Labute approximate surface area is 221 Å². The summed E-state index contributed by atoms with van der Waals surface area (Å²) in [6, 6.07) is 31.2. The van der Waals surface area contributed by atoms with Gasteiger partial charge >= 0.3 is 6.03 Å². The van der Waals surface area contributed by atoms with Crippen LogP contribution in [0.1, 0.15) is 28.3 Å². The van der Waals surface area contributed by atoms with Gasteiger partial charge in [-0.15, -0.1) is 0 Å². The number of hydrogen-bond acceptors (Lipinski definition) is 5. The third-order valence-corrected chi connectivity index (χ3v) is 8.38. The van der Waals surface area contributed by atoms with Gasteiger partial charge in [-0.2, -0.15) is 5.10 Å². The molecule has 38 heavy (non-hydrogen) atoms. The molecule has 7 nitrogen and oxygen atoms in total. The molecule has 2 amide bonds. The molecule has 0 saturated carbocycles. The third kappa shape index (κ3) is 4.43. The number of rotatable bonds is 5. The summed E-state index contributed by atoms with van der Waals surface area (Å²) >= 11 is 0. The summed E-state index contributed by atoms with van der Waals surface area (Å²) in [6.45, 7) is 2.07. The number of nitrogens with zero attached hydrogens (tertiary/aromatic N) is 2. The second kappa shape index (κ2) is 9.46. The standard InChI is InChI=1S/C30H26N4O3S/c1-20-11-13-21(14-12-20)29-27-19-22-7-5-6-10-26(22)28(27)32-34(29)24-15-17-25(18-16-24)38(36,37)33-30(35)31-23-8-3-2-4-9-23/h2-18,27,29H,19H2,1H3,(H2,31,33,35). The van der Waals surface area contributed by atoms with E-state index in [1.807, 2.05) is 17.1 Å². The maximum absolute atomic E-state index is 12.9. The molecular formula is C30H26N4O3S. The Morgan fingerprint density at radius 2 is 1.55 bits per heavy atom. The van der Waals surface area contributed by atoms with E-state index < -0.39 is 16.1 Å². The number of sulfonamides is 1. The van der Waals surface area contributed by atoms with Crippen LogP contribution in [0.25, 0.3) is 0 Å². The number of nitrogens with one attached hydrogen (secondary N) is 2. The highest BCUT2D eigenvalue weighted by molar-refractivity contribution is 7.90. The van der Waals surface area contributed by atoms with Gasteiger partial charge in [0.1, 0.15) is 0 Å². The second-order valence-corrected chi connectivity index (χ2v) is 11.3. The fourth-order valence-electron chi connectivity index (χ4n) is 5.21. The first kappa shape index (κ1) is 23.9. The molecule has 0 bridgehead atoms. The molecule has 1 aliphatic heterocycles. The summed E-state index contributed by atoms with van der Waals surface area (Å²) in [5.74, 6) is 0.196. The van der Waals surface area contributed by atoms with Crippen molar-refractivity contribution >= 4 is 33.1 Å². The molecule has 0 saturated heterocycles. The van der Waals surface area contributed by atoms with Crippen molar-refractivity contribution in [3.05, 3.63) is 125 Å². The Hall–Kier alpha value is -4.43. The molecule has 0 spiro atoms. The predicted octanol–water partition coefficient (Wildman–Crippen LogP) is 5.64. The Morgan fingerprint density at radius 1 is 0.868 bits per heavy atom. The van der Waals surface area contributed by atoms with Crippen molar-refractivity contribution < 1.29 is 13.2 Å². The van der Waals surface area contributed by atoms with Gasteiger partial charge in [0.2, 0.25) is 0 Å². The van der Waals surface area contributed by atoms with Gasteiger partial charge in [-0.05, 0) is 60.9 Å². The maximum atomic E-state index is 12.9. The van der Waals surface area contributed by atoms with Crippen molar-refractivity contribution in [1.82, 2.24) is 4.72 Å². The van der Waals surface area contributed by atoms with Crippen LogP contribution in [0.2, 0.25) is 0 Å². The maximum Gasteiger partial charge on any atom is 0.333 e. The van der Waals surface area contributed by atoms with Crippen LogP contribution < -0.4 is 15.0 Å². The minimum absolute atomic E-state index is 0.00580. The first-order valence-corrected chi connectivity index (χ1v) is 13.9. The molecule has 6 rings (SSSR count). The first-order valence-electron chi connectivity index (χ1n) is 12.4. The van der Waals surface area contributed by atoms with Gasteiger partial charge in [0.05, 0.1) is 22.3 Å². The summed E-state index contributed by atoms with van der Waals surface area (Å²) in [6.07, 6.45) is 0.900. The average Bonchev–Trinajstić information content (AvgIpc) is 3.46. The Bertz CT molecular complexity index is 1630. The molecule has 2 N–H and O–H groups in total. The molecule has 1 aliphatic carbocycles. The normalized spacial score (nSPS) is 17.9. The predicted molar refractivity (Wildman–Crippen MR) is 149 cm³/mol. The number of aryl methyl sites for hydroxylation is 1. The molecule has 8 heteroatoms. The Morgan fingerprint density at radius 3 is 2.29 bits per heavy atom. The highest BCUT2D eigenvalue weighted by atomic mass is 32.2. The molecule has 2 unspecified atom stereocenters. The highest BCUT2D eigenvalue weighted by Crippen LogP contribution is 2.46. The van der Waals surface area contributed by atoms with Crippen LogP contribution in [-0.2, 0) is 16.4 Å². The molecule has 190 valence electrons. The van der Waals surface area contributed by atoms with Crippen LogP contribution in [-0.4, -0.2) is 20.2 Å². The first-order chi connectivity index (χ1) is 18.4. The number of urea groups is 1. The molecular weight excluding hydrogens is 496 g/mol. The van der Waals surface area contributed by atoms with Crippen molar-refractivity contribution in [2.45, 2.75) is 24.3 Å². The van der Waals surface area contributed by atoms with Crippen LogP contribution in [0.4, 0.5) is 16.2 Å². The molecule has 1 heterocycles. The van der Waals surface area contributed by atoms with E-state index >= 15 is 0 Å². The summed E-state index contributed by atoms with van der Waals surface area (Å²) in [4.78, 5) is 12.3. The molecule has 2 atom stereocenters. The third-order valence-electron chi connectivity index (χ3n) is 7.03. The highest BCUT2D eigenvalue weighted by Gasteiger charge is 2.44. The number of hydrogen-bond donors (Lipinski definition) is 2. The van der Waals surface area contributed by atoms with Crippen molar-refractivity contribution in [2.75, 3.05) is 10.3 Å². The zero-order valence-corrected chi connectivity index (χ0v) is 21.5. The lowest BCUT2D eigenvalue weighted by molar-refractivity contribution is 0.256. The van der Waals surface area contributed by atoms with Gasteiger partial charge < -0.3 is 5.32 Å². The van der Waals surface area contributed by atoms with Gasteiger partial charge in [0.15, 0.2) is 0 Å². The smallest absolute Gasteiger partial charge is 0.307 e. The van der Waals surface area contributed by atoms with Crippen molar-refractivity contribution in [3.63, 3.8) is 0 Å². The average molecular weight is 523 g/mol. The van der Waals surface area contributed by atoms with Gasteiger partial charge in [-0.25, -0.2) is 17.9 Å². The number of carbonyl (C=O) groups is 1. The van der Waals surface area contributed by atoms with Gasteiger partial charge in [0, 0.05) is 17.2 Å². The van der Waals surface area contributed by atoms with Crippen molar-refractivity contribution in [3.8, 4) is 0 Å². The Kier molecular flexibility index (Phi) is 5.96. The van der Waals surface area contributed by atoms with Gasteiger partial charge in [-0.3, -0.25) is 5.01 Å². The lowest BCUT2D eigenvalue weighted by atomic mass is 9.89. The number of fused-ring (bicyclic) bond motifs is 3. The van der Waals surface area contributed by atoms with E-state index in [2.05, 4.69) is 59.4 Å². The van der Waals surface area contributed by atoms with Crippen LogP contribution in [0.3, 0.4) is 0 Å². The van der Waals surface area contributed by atoms with E-state index in [1.54, 1.807) is 36.4 Å². The molecule has 0 aromatic heterocycles. The number of hydrazone groups is 1. The van der Waals surface area contributed by atoms with E-state index in [-0.39, 0.29) is 16.9 Å². The van der Waals surface area contributed by atoms with Crippen molar-refractivity contribution in [1.29, 1.82) is 0 Å². The SMILES string of the molecule is Cc1ccc(C2C3Cc4ccccc4C3=NN2c2ccc(S(=O)(=O)NC(=O)Nc3ccccc3)cc2)cc1. The quantitative estimate of drug-likeness (QED) is 0.355. The lowest BCUT2D eigenvalue weighted by Crippen LogP contribution is -2.34. The monoisotopic (exact) mass is 522 g/mol. The van der Waals surface area contributed by atoms with E-state index in [4.69, 9.17) is 5.10 Å². The summed E-state index contributed by atoms with van der Waals surface area (Å²) in [5.41, 5.74) is 7.15. The largest absolute Gasteiger partial charge is 0.333 e. The van der Waals surface area contributed by atoms with Crippen LogP contribution in [0.5, 0.6) is 0 Å². The number of para-hydroxylation sites is 1. The van der Waals surface area contributed by atoms with E-state index in [0.29, 0.717) is 5.69 Å². The number of anilines is 2. The van der Waals surface area contributed by atoms with Crippen LogP contribution in [0.15, 0.2) is 113 Å². The Balaban J connectivity index is 1.28. The number of benzene rings is 4. The minimum Gasteiger partial charge on any atom is -0.307 e. The topological polar surface area (TPSA) is 90.9 Å². The van der Waals surface area contributed by atoms with Gasteiger partial charge in [-0.1, -0.05) is 72.3 Å². The lowest BCUT2D eigenvalue weighted by Gasteiger charge is -2.28. The van der Waals surface area contributed by atoms with Crippen LogP contribution >= 0.6 is 0 Å². The van der Waals surface area contributed by atoms with Crippen molar-refractivity contribution in [2.24, 2.45) is 11.0 Å². The van der Waals surface area contributed by atoms with Gasteiger partial charge in [0.25, 0.3) is 10.0 Å². The molecule has 4 aromatic carbocycles. The summed E-state index contributed by atoms with van der Waals surface area (Å²) in [5, 5.41) is 9.57. The number of amides is 2. The minimum atomic E-state index is -4.06. The van der Waals surface area contributed by atoms with E-state index in [1.165, 1.54) is 28.8 Å². The van der Waals surface area contributed by atoms with Crippen LogP contribution in [0, 0.1) is 12.8 Å². The van der Waals surface area contributed by atoms with E-state index in [0.717, 1.165) is 23.4 Å². The fourth-order valence-corrected chi connectivity index (χ4v) is 6.12. The number of carbonyl (C=O) groups excluding carboxylic acids is 1. The van der Waals surface area contributed by atoms with E-state index in [9.17, 15) is 13.2 Å². The molecule has 0 radical (unpaired) electrons. The molecule has 2 aliphatic rings. The zero-order chi connectivity index (χ0) is 26.3. The summed E-state index contributed by atoms with van der Waals surface area (Å²) < 4.78 is 27.8. The summed E-state index contributed by atoms with van der Waals surface area (Å²) in [7, 11) is -4.06. The molecule has 0 fully saturated rings.